The van der Waals surface area contributed by atoms with Gasteiger partial charge in [-0.1, -0.05) is 30.4 Å². The maximum Gasteiger partial charge on any atom is 0.126 e. The van der Waals surface area contributed by atoms with E-state index in [4.69, 9.17) is 4.74 Å². The van der Waals surface area contributed by atoms with Crippen molar-refractivity contribution in [2.75, 3.05) is 7.11 Å². The lowest BCUT2D eigenvalue weighted by atomic mass is 10.0. The molecule has 0 aliphatic rings. The van der Waals surface area contributed by atoms with Crippen LogP contribution in [0.1, 0.15) is 16.7 Å². The zero-order chi connectivity index (χ0) is 10.6. The molecule has 1 aromatic rings. The molecule has 0 aliphatic carbocycles. The number of rotatable bonds is 3. The number of methoxy groups -OCH3 is 1. The minimum Gasteiger partial charge on any atom is -0.496 e. The van der Waals surface area contributed by atoms with Crippen molar-refractivity contribution in [3.05, 3.63) is 53.6 Å². The summed E-state index contributed by atoms with van der Waals surface area (Å²) in [6.07, 6.45) is 3.61. The van der Waals surface area contributed by atoms with Crippen molar-refractivity contribution >= 4 is 5.76 Å². The van der Waals surface area contributed by atoms with Gasteiger partial charge in [0, 0.05) is 5.56 Å². The summed E-state index contributed by atoms with van der Waals surface area (Å²) in [5.74, 6) is 0.862. The van der Waals surface area contributed by atoms with Gasteiger partial charge in [-0.15, -0.1) is 0 Å². The van der Waals surface area contributed by atoms with Crippen molar-refractivity contribution in [2.24, 2.45) is 0 Å². The smallest absolute Gasteiger partial charge is 0.126 e. The number of hydrogen-bond donors (Lipinski definition) is 0. The third-order valence-electron chi connectivity index (χ3n) is 2.15. The Labute approximate surface area is 85.7 Å². The number of hydrogen-bond acceptors (Lipinski definition) is 1. The number of ether oxygens (including phenoxy) is 1. The molecule has 0 radical (unpaired) electrons. The van der Waals surface area contributed by atoms with E-state index >= 15 is 0 Å². The molecule has 1 nitrogen and oxygen atoms in total. The van der Waals surface area contributed by atoms with E-state index in [2.05, 4.69) is 38.6 Å². The highest BCUT2D eigenvalue weighted by Gasteiger charge is 2.03. The predicted octanol–water partition coefficient (Wildman–Crippen LogP) is 3.48. The van der Waals surface area contributed by atoms with Crippen LogP contribution in [0.2, 0.25) is 0 Å². The standard InChI is InChI=1S/C13H16O/c1-5-6-13(14-4)12-9-10(2)7-8-11(12)3/h5-9H,1H2,2-4H3/b13-6-. The Morgan fingerprint density at radius 2 is 2.07 bits per heavy atom. The molecule has 0 atom stereocenters. The number of allylic oxidation sites excluding steroid dienone is 2. The molecule has 0 heterocycles. The average Bonchev–Trinajstić information content (AvgIpc) is 2.18. The summed E-state index contributed by atoms with van der Waals surface area (Å²) in [7, 11) is 1.68. The first kappa shape index (κ1) is 10.6. The van der Waals surface area contributed by atoms with Crippen molar-refractivity contribution < 1.29 is 4.74 Å². The van der Waals surface area contributed by atoms with Gasteiger partial charge in [-0.3, -0.25) is 0 Å². The zero-order valence-electron chi connectivity index (χ0n) is 9.00. The third kappa shape index (κ3) is 2.25. The Kier molecular flexibility index (Phi) is 3.52. The summed E-state index contributed by atoms with van der Waals surface area (Å²) >= 11 is 0. The van der Waals surface area contributed by atoms with Crippen molar-refractivity contribution in [1.82, 2.24) is 0 Å². The molecule has 0 spiro atoms. The van der Waals surface area contributed by atoms with Gasteiger partial charge < -0.3 is 4.74 Å². The Balaban J connectivity index is 3.21. The second-order valence-corrected chi connectivity index (χ2v) is 3.29. The maximum absolute atomic E-state index is 5.30. The van der Waals surface area contributed by atoms with E-state index in [1.165, 1.54) is 11.1 Å². The summed E-state index contributed by atoms with van der Waals surface area (Å²) in [5, 5.41) is 0. The molecule has 0 aromatic heterocycles. The molecule has 1 heteroatoms. The normalized spacial score (nSPS) is 11.2. The zero-order valence-corrected chi connectivity index (χ0v) is 9.00. The van der Waals surface area contributed by atoms with Crippen LogP contribution in [-0.2, 0) is 4.74 Å². The molecule has 0 fully saturated rings. The molecule has 0 saturated heterocycles. The molecule has 0 bridgehead atoms. The van der Waals surface area contributed by atoms with Crippen LogP contribution >= 0.6 is 0 Å². The Hall–Kier alpha value is -1.50. The fourth-order valence-corrected chi connectivity index (χ4v) is 1.38. The fraction of sp³-hybridized carbons (Fsp3) is 0.231. The molecule has 1 aromatic carbocycles. The first-order valence-corrected chi connectivity index (χ1v) is 4.63. The number of aryl methyl sites for hydroxylation is 2. The van der Waals surface area contributed by atoms with E-state index in [-0.39, 0.29) is 0 Å². The van der Waals surface area contributed by atoms with E-state index in [0.29, 0.717) is 0 Å². The van der Waals surface area contributed by atoms with Gasteiger partial charge in [0.25, 0.3) is 0 Å². The molecule has 1 rings (SSSR count). The monoisotopic (exact) mass is 188 g/mol. The molecule has 0 amide bonds. The van der Waals surface area contributed by atoms with Crippen LogP contribution in [0.25, 0.3) is 5.76 Å². The predicted molar refractivity (Wildman–Crippen MR) is 61.1 cm³/mol. The van der Waals surface area contributed by atoms with Crippen LogP contribution in [0.15, 0.2) is 36.9 Å². The van der Waals surface area contributed by atoms with E-state index < -0.39 is 0 Å². The minimum absolute atomic E-state index is 0.862. The number of benzene rings is 1. The van der Waals surface area contributed by atoms with E-state index in [9.17, 15) is 0 Å². The molecule has 74 valence electrons. The first-order valence-electron chi connectivity index (χ1n) is 4.63. The Morgan fingerprint density at radius 3 is 2.64 bits per heavy atom. The molecule has 0 aliphatic heterocycles. The topological polar surface area (TPSA) is 9.23 Å². The quantitative estimate of drug-likeness (QED) is 0.521. The second kappa shape index (κ2) is 4.66. The molecular formula is C13H16O. The van der Waals surface area contributed by atoms with Crippen LogP contribution in [-0.4, -0.2) is 7.11 Å². The summed E-state index contributed by atoms with van der Waals surface area (Å²) in [4.78, 5) is 0. The van der Waals surface area contributed by atoms with Crippen LogP contribution < -0.4 is 0 Å². The lowest BCUT2D eigenvalue weighted by Gasteiger charge is -2.09. The first-order chi connectivity index (χ1) is 6.69. The van der Waals surface area contributed by atoms with Gasteiger partial charge in [0.1, 0.15) is 5.76 Å². The van der Waals surface area contributed by atoms with Crippen molar-refractivity contribution in [3.8, 4) is 0 Å². The summed E-state index contributed by atoms with van der Waals surface area (Å²) in [5.41, 5.74) is 3.58. The van der Waals surface area contributed by atoms with Crippen molar-refractivity contribution in [2.45, 2.75) is 13.8 Å². The van der Waals surface area contributed by atoms with Crippen LogP contribution in [0, 0.1) is 13.8 Å². The van der Waals surface area contributed by atoms with Gasteiger partial charge in [0.2, 0.25) is 0 Å². The Bertz CT molecular complexity index is 361. The van der Waals surface area contributed by atoms with E-state index in [0.717, 1.165) is 11.3 Å². The molecular weight excluding hydrogens is 172 g/mol. The highest BCUT2D eigenvalue weighted by Crippen LogP contribution is 2.20. The van der Waals surface area contributed by atoms with Crippen LogP contribution in [0.3, 0.4) is 0 Å². The largest absolute Gasteiger partial charge is 0.496 e. The lowest BCUT2D eigenvalue weighted by Crippen LogP contribution is -1.91. The average molecular weight is 188 g/mol. The second-order valence-electron chi connectivity index (χ2n) is 3.29. The van der Waals surface area contributed by atoms with Gasteiger partial charge >= 0.3 is 0 Å². The summed E-state index contributed by atoms with van der Waals surface area (Å²) in [6.45, 7) is 7.82. The highest BCUT2D eigenvalue weighted by atomic mass is 16.5. The summed E-state index contributed by atoms with van der Waals surface area (Å²) < 4.78 is 5.30. The maximum atomic E-state index is 5.30. The van der Waals surface area contributed by atoms with E-state index in [1.54, 1.807) is 13.2 Å². The van der Waals surface area contributed by atoms with Gasteiger partial charge in [0.05, 0.1) is 7.11 Å². The van der Waals surface area contributed by atoms with Gasteiger partial charge in [-0.05, 0) is 31.6 Å². The Morgan fingerprint density at radius 1 is 1.36 bits per heavy atom. The fourth-order valence-electron chi connectivity index (χ4n) is 1.38. The summed E-state index contributed by atoms with van der Waals surface area (Å²) in [6, 6.07) is 6.31. The van der Waals surface area contributed by atoms with Crippen molar-refractivity contribution in [3.63, 3.8) is 0 Å². The third-order valence-corrected chi connectivity index (χ3v) is 2.15. The van der Waals surface area contributed by atoms with Crippen LogP contribution in [0.5, 0.6) is 0 Å². The lowest BCUT2D eigenvalue weighted by molar-refractivity contribution is 0.370. The van der Waals surface area contributed by atoms with Crippen molar-refractivity contribution in [1.29, 1.82) is 0 Å². The van der Waals surface area contributed by atoms with Gasteiger partial charge in [-0.2, -0.15) is 0 Å². The van der Waals surface area contributed by atoms with Gasteiger partial charge in [0.15, 0.2) is 0 Å². The SMILES string of the molecule is C=C/C=C(\OC)c1cc(C)ccc1C. The van der Waals surface area contributed by atoms with Gasteiger partial charge in [-0.25, -0.2) is 0 Å². The molecule has 0 unspecified atom stereocenters. The van der Waals surface area contributed by atoms with Crippen LogP contribution in [0.4, 0.5) is 0 Å². The molecule has 0 saturated carbocycles. The molecule has 0 N–H and O–H groups in total. The molecule has 14 heavy (non-hydrogen) atoms. The highest BCUT2D eigenvalue weighted by molar-refractivity contribution is 5.64. The minimum atomic E-state index is 0.862. The van der Waals surface area contributed by atoms with E-state index in [1.807, 2.05) is 6.08 Å².